The van der Waals surface area contributed by atoms with Gasteiger partial charge in [0.1, 0.15) is 12.1 Å². The second-order valence-electron chi connectivity index (χ2n) is 5.38. The molecule has 21 heavy (non-hydrogen) atoms. The largest absolute Gasteiger partial charge is 0.383 e. The van der Waals surface area contributed by atoms with Crippen molar-refractivity contribution in [2.45, 2.75) is 25.3 Å². The highest BCUT2D eigenvalue weighted by molar-refractivity contribution is 6.30. The number of fused-ring (bicyclic) bond motifs is 1. The van der Waals surface area contributed by atoms with Crippen LogP contribution in [-0.2, 0) is 6.42 Å². The topological polar surface area (TPSA) is 69.6 Å². The van der Waals surface area contributed by atoms with E-state index in [9.17, 15) is 0 Å². The summed E-state index contributed by atoms with van der Waals surface area (Å²) in [6.07, 6.45) is 4.51. The first-order valence-corrected chi connectivity index (χ1v) is 7.32. The molecule has 106 valence electrons. The van der Waals surface area contributed by atoms with E-state index in [0.29, 0.717) is 18.3 Å². The zero-order valence-corrected chi connectivity index (χ0v) is 12.1. The average molecular weight is 300 g/mol. The number of rotatable bonds is 3. The first kappa shape index (κ1) is 12.6. The number of nitrogens with zero attached hydrogens (tertiary/aromatic N) is 4. The maximum absolute atomic E-state index is 6.04. The summed E-state index contributed by atoms with van der Waals surface area (Å²) in [6.45, 7) is 0. The van der Waals surface area contributed by atoms with Crippen molar-refractivity contribution in [3.63, 3.8) is 0 Å². The molecule has 1 saturated carbocycles. The number of nitrogen functional groups attached to an aromatic ring is 1. The number of anilines is 1. The molecule has 2 N–H and O–H groups in total. The number of halogens is 1. The van der Waals surface area contributed by atoms with Gasteiger partial charge >= 0.3 is 0 Å². The molecule has 6 heteroatoms. The Balaban J connectivity index is 1.82. The predicted octanol–water partition coefficient (Wildman–Crippen LogP) is 2.99. The summed E-state index contributed by atoms with van der Waals surface area (Å²) in [5.41, 5.74) is 8.96. The Morgan fingerprint density at radius 3 is 2.67 bits per heavy atom. The molecule has 1 aliphatic carbocycles. The molecule has 1 fully saturated rings. The van der Waals surface area contributed by atoms with Gasteiger partial charge in [0.15, 0.2) is 5.65 Å². The first-order chi connectivity index (χ1) is 10.2. The minimum absolute atomic E-state index is 0.459. The molecule has 0 amide bonds. The van der Waals surface area contributed by atoms with Gasteiger partial charge in [0.05, 0.1) is 17.1 Å². The zero-order chi connectivity index (χ0) is 14.4. The van der Waals surface area contributed by atoms with Gasteiger partial charge in [-0.1, -0.05) is 23.7 Å². The molecule has 0 unspecified atom stereocenters. The van der Waals surface area contributed by atoms with Gasteiger partial charge in [-0.25, -0.2) is 14.6 Å². The lowest BCUT2D eigenvalue weighted by Gasteiger charge is -2.00. The van der Waals surface area contributed by atoms with Crippen LogP contribution in [-0.4, -0.2) is 19.7 Å². The van der Waals surface area contributed by atoms with Gasteiger partial charge < -0.3 is 5.73 Å². The normalized spacial score (nSPS) is 14.7. The van der Waals surface area contributed by atoms with Crippen molar-refractivity contribution in [3.05, 3.63) is 46.9 Å². The molecule has 0 radical (unpaired) electrons. The fourth-order valence-corrected chi connectivity index (χ4v) is 2.69. The summed E-state index contributed by atoms with van der Waals surface area (Å²) in [5.74, 6) is 0.496. The number of hydrogen-bond acceptors (Lipinski definition) is 4. The predicted molar refractivity (Wildman–Crippen MR) is 82.3 cm³/mol. The molecule has 0 aliphatic heterocycles. The molecule has 0 atom stereocenters. The fourth-order valence-electron chi connectivity index (χ4n) is 2.56. The van der Waals surface area contributed by atoms with Crippen LogP contribution in [0.3, 0.4) is 0 Å². The Labute approximate surface area is 126 Å². The van der Waals surface area contributed by atoms with E-state index in [1.165, 1.54) is 6.33 Å². The Morgan fingerprint density at radius 1 is 1.19 bits per heavy atom. The zero-order valence-electron chi connectivity index (χ0n) is 11.3. The van der Waals surface area contributed by atoms with Gasteiger partial charge in [-0.2, -0.15) is 5.10 Å². The Kier molecular flexibility index (Phi) is 2.82. The summed E-state index contributed by atoms with van der Waals surface area (Å²) >= 11 is 5.93. The van der Waals surface area contributed by atoms with Crippen LogP contribution in [0.25, 0.3) is 11.0 Å². The third-order valence-corrected chi connectivity index (χ3v) is 4.02. The highest BCUT2D eigenvalue weighted by atomic mass is 35.5. The van der Waals surface area contributed by atoms with E-state index in [2.05, 4.69) is 9.97 Å². The second kappa shape index (κ2) is 4.70. The van der Waals surface area contributed by atoms with Crippen molar-refractivity contribution < 1.29 is 0 Å². The van der Waals surface area contributed by atoms with E-state index in [-0.39, 0.29) is 0 Å². The number of benzene rings is 1. The van der Waals surface area contributed by atoms with Crippen molar-refractivity contribution in [2.24, 2.45) is 0 Å². The quantitative estimate of drug-likeness (QED) is 0.807. The van der Waals surface area contributed by atoms with Crippen LogP contribution in [0.1, 0.15) is 30.1 Å². The van der Waals surface area contributed by atoms with E-state index in [1.54, 1.807) is 0 Å². The minimum atomic E-state index is 0.459. The van der Waals surface area contributed by atoms with Gasteiger partial charge in [0.2, 0.25) is 0 Å². The summed E-state index contributed by atoms with van der Waals surface area (Å²) in [6, 6.07) is 8.24. The highest BCUT2D eigenvalue weighted by Crippen LogP contribution is 2.38. The molecule has 2 aromatic heterocycles. The molecular weight excluding hydrogens is 286 g/mol. The van der Waals surface area contributed by atoms with E-state index >= 15 is 0 Å². The van der Waals surface area contributed by atoms with Crippen LogP contribution in [0, 0.1) is 0 Å². The monoisotopic (exact) mass is 299 g/mol. The van der Waals surface area contributed by atoms with Crippen molar-refractivity contribution in [3.8, 4) is 0 Å². The Hall–Kier alpha value is -2.14. The molecule has 5 nitrogen and oxygen atoms in total. The maximum Gasteiger partial charge on any atom is 0.163 e. The van der Waals surface area contributed by atoms with Crippen LogP contribution >= 0.6 is 11.6 Å². The summed E-state index contributed by atoms with van der Waals surface area (Å²) in [7, 11) is 0. The third-order valence-electron chi connectivity index (χ3n) is 3.77. The van der Waals surface area contributed by atoms with Crippen LogP contribution in [0.5, 0.6) is 0 Å². The lowest BCUT2D eigenvalue weighted by atomic mass is 10.1. The van der Waals surface area contributed by atoms with Crippen LogP contribution in [0.15, 0.2) is 30.6 Å². The van der Waals surface area contributed by atoms with Crippen LogP contribution < -0.4 is 5.73 Å². The fraction of sp³-hybridized carbons (Fsp3) is 0.267. The van der Waals surface area contributed by atoms with Gasteiger partial charge in [0, 0.05) is 11.4 Å². The third kappa shape index (κ3) is 2.23. The van der Waals surface area contributed by atoms with Crippen LogP contribution in [0.4, 0.5) is 5.82 Å². The number of hydrogen-bond donors (Lipinski definition) is 1. The van der Waals surface area contributed by atoms with Gasteiger partial charge in [-0.3, -0.25) is 0 Å². The minimum Gasteiger partial charge on any atom is -0.383 e. The molecule has 1 aliphatic rings. The highest BCUT2D eigenvalue weighted by Gasteiger charge is 2.28. The van der Waals surface area contributed by atoms with Crippen molar-refractivity contribution >= 4 is 28.5 Å². The lowest BCUT2D eigenvalue weighted by molar-refractivity contribution is 0.648. The Bertz CT molecular complexity index is 805. The first-order valence-electron chi connectivity index (χ1n) is 6.94. The smallest absolute Gasteiger partial charge is 0.163 e. The maximum atomic E-state index is 6.04. The van der Waals surface area contributed by atoms with Gasteiger partial charge in [-0.15, -0.1) is 0 Å². The van der Waals surface area contributed by atoms with Gasteiger partial charge in [-0.05, 0) is 30.5 Å². The molecule has 0 saturated heterocycles. The molecule has 2 heterocycles. The summed E-state index contributed by atoms with van der Waals surface area (Å²) < 4.78 is 2.00. The molecule has 1 aromatic carbocycles. The van der Waals surface area contributed by atoms with Crippen LogP contribution in [0.2, 0.25) is 5.02 Å². The summed E-state index contributed by atoms with van der Waals surface area (Å²) in [4.78, 5) is 8.48. The molecule has 4 rings (SSSR count). The van der Waals surface area contributed by atoms with Gasteiger partial charge in [0.25, 0.3) is 0 Å². The van der Waals surface area contributed by atoms with E-state index < -0.39 is 0 Å². The molecule has 0 bridgehead atoms. The van der Waals surface area contributed by atoms with Crippen molar-refractivity contribution in [2.75, 3.05) is 5.73 Å². The molecular formula is C15H14ClN5. The SMILES string of the molecule is Nc1ncnc2c1c(Cc1ccc(Cl)cc1)nn2C1CC1. The molecule has 0 spiro atoms. The molecule has 3 aromatic rings. The summed E-state index contributed by atoms with van der Waals surface area (Å²) in [5, 5.41) is 6.34. The standard InChI is InChI=1S/C15H14ClN5/c16-10-3-1-9(2-4-10)7-12-13-14(17)18-8-19-15(13)21(20-12)11-5-6-11/h1-4,8,11H,5-7H2,(H2,17,18,19). The van der Waals surface area contributed by atoms with E-state index in [1.807, 2.05) is 28.9 Å². The lowest BCUT2D eigenvalue weighted by Crippen LogP contribution is -1.98. The number of aromatic nitrogens is 4. The average Bonchev–Trinajstić information content (AvgIpc) is 3.25. The Morgan fingerprint density at radius 2 is 1.95 bits per heavy atom. The second-order valence-corrected chi connectivity index (χ2v) is 5.82. The van der Waals surface area contributed by atoms with Crippen molar-refractivity contribution in [1.82, 2.24) is 19.7 Å². The number of nitrogens with two attached hydrogens (primary N) is 1. The van der Waals surface area contributed by atoms with E-state index in [4.69, 9.17) is 22.4 Å². The van der Waals surface area contributed by atoms with E-state index in [0.717, 1.165) is 40.2 Å². The van der Waals surface area contributed by atoms with Crippen molar-refractivity contribution in [1.29, 1.82) is 0 Å².